The molecule has 0 fully saturated rings. The standard InChI is InChI=1S/C15H12Cl2N2O2S/c1-22-19-15-11-4-2-9(6-14(11)21-18-15)8-20-10-3-5-12(16)13(17)7-10/h2-7H,8H2,1H3,(H,18,19). The summed E-state index contributed by atoms with van der Waals surface area (Å²) in [5.41, 5.74) is 1.69. The van der Waals surface area contributed by atoms with Crippen LogP contribution in [-0.4, -0.2) is 11.4 Å². The molecular weight excluding hydrogens is 343 g/mol. The van der Waals surface area contributed by atoms with Gasteiger partial charge >= 0.3 is 0 Å². The Morgan fingerprint density at radius 3 is 2.82 bits per heavy atom. The number of aromatic nitrogens is 1. The third-order valence-corrected chi connectivity index (χ3v) is 4.17. The van der Waals surface area contributed by atoms with E-state index in [0.29, 0.717) is 28.0 Å². The third kappa shape index (κ3) is 3.27. The summed E-state index contributed by atoms with van der Waals surface area (Å²) in [7, 11) is 0. The lowest BCUT2D eigenvalue weighted by Gasteiger charge is -2.07. The summed E-state index contributed by atoms with van der Waals surface area (Å²) in [4.78, 5) is 0. The summed E-state index contributed by atoms with van der Waals surface area (Å²) >= 11 is 13.3. The van der Waals surface area contributed by atoms with Gasteiger partial charge in [0.25, 0.3) is 0 Å². The molecule has 0 spiro atoms. The molecule has 4 nitrogen and oxygen atoms in total. The van der Waals surface area contributed by atoms with Crippen LogP contribution in [0, 0.1) is 0 Å². The van der Waals surface area contributed by atoms with E-state index in [1.54, 1.807) is 18.2 Å². The molecule has 0 unspecified atom stereocenters. The van der Waals surface area contributed by atoms with Crippen LogP contribution in [0.1, 0.15) is 5.56 Å². The van der Waals surface area contributed by atoms with E-state index < -0.39 is 0 Å². The van der Waals surface area contributed by atoms with E-state index in [4.69, 9.17) is 32.5 Å². The van der Waals surface area contributed by atoms with Gasteiger partial charge in [0, 0.05) is 12.3 Å². The number of nitrogens with zero attached hydrogens (tertiary/aromatic N) is 1. The molecule has 3 aromatic rings. The highest BCUT2D eigenvalue weighted by Gasteiger charge is 2.08. The van der Waals surface area contributed by atoms with Gasteiger partial charge in [0.2, 0.25) is 0 Å². The smallest absolute Gasteiger partial charge is 0.187 e. The maximum absolute atomic E-state index is 5.96. The Morgan fingerprint density at radius 1 is 1.18 bits per heavy atom. The zero-order chi connectivity index (χ0) is 15.5. The Labute approximate surface area is 141 Å². The second kappa shape index (κ2) is 6.69. The average molecular weight is 355 g/mol. The van der Waals surface area contributed by atoms with Gasteiger partial charge in [-0.25, -0.2) is 0 Å². The number of fused-ring (bicyclic) bond motifs is 1. The highest BCUT2D eigenvalue weighted by atomic mass is 35.5. The first-order valence-corrected chi connectivity index (χ1v) is 8.40. The van der Waals surface area contributed by atoms with Crippen molar-refractivity contribution in [2.24, 2.45) is 0 Å². The maximum Gasteiger partial charge on any atom is 0.187 e. The van der Waals surface area contributed by atoms with Gasteiger partial charge in [-0.2, -0.15) is 0 Å². The molecular formula is C15H12Cl2N2O2S. The van der Waals surface area contributed by atoms with Crippen LogP contribution in [0.25, 0.3) is 11.0 Å². The van der Waals surface area contributed by atoms with E-state index in [0.717, 1.165) is 16.8 Å². The molecule has 0 bridgehead atoms. The number of benzene rings is 2. The van der Waals surface area contributed by atoms with E-state index >= 15 is 0 Å². The monoisotopic (exact) mass is 354 g/mol. The second-order valence-corrected chi connectivity index (χ2v) is 5.96. The van der Waals surface area contributed by atoms with Crippen molar-refractivity contribution < 1.29 is 9.26 Å². The Bertz CT molecular complexity index is 807. The van der Waals surface area contributed by atoms with Crippen LogP contribution < -0.4 is 9.46 Å². The quantitative estimate of drug-likeness (QED) is 0.621. The first kappa shape index (κ1) is 15.3. The zero-order valence-electron chi connectivity index (χ0n) is 11.6. The van der Waals surface area contributed by atoms with Crippen molar-refractivity contribution in [2.75, 3.05) is 11.0 Å². The fraction of sp³-hybridized carbons (Fsp3) is 0.133. The minimum Gasteiger partial charge on any atom is -0.489 e. The van der Waals surface area contributed by atoms with Crippen molar-refractivity contribution in [1.82, 2.24) is 5.16 Å². The Balaban J connectivity index is 1.75. The molecule has 0 amide bonds. The predicted octanol–water partition coefficient (Wildman–Crippen LogP) is 5.40. The number of hydrogen-bond donors (Lipinski definition) is 1. The van der Waals surface area contributed by atoms with Crippen LogP contribution in [0.4, 0.5) is 5.82 Å². The maximum atomic E-state index is 5.96. The fourth-order valence-corrected chi connectivity index (χ4v) is 2.60. The summed E-state index contributed by atoms with van der Waals surface area (Å²) in [6.07, 6.45) is 1.93. The van der Waals surface area contributed by atoms with Gasteiger partial charge in [-0.15, -0.1) is 0 Å². The Kier molecular flexibility index (Phi) is 4.66. The molecule has 0 aliphatic heterocycles. The van der Waals surface area contributed by atoms with Crippen molar-refractivity contribution in [3.05, 3.63) is 52.0 Å². The van der Waals surface area contributed by atoms with Gasteiger partial charge in [0.15, 0.2) is 11.4 Å². The average Bonchev–Trinajstić information content (AvgIpc) is 2.91. The van der Waals surface area contributed by atoms with Crippen molar-refractivity contribution in [1.29, 1.82) is 0 Å². The Hall–Kier alpha value is -1.56. The highest BCUT2D eigenvalue weighted by Crippen LogP contribution is 2.28. The summed E-state index contributed by atoms with van der Waals surface area (Å²) in [6, 6.07) is 11.0. The van der Waals surface area contributed by atoms with Crippen LogP contribution in [0.2, 0.25) is 10.0 Å². The molecule has 7 heteroatoms. The van der Waals surface area contributed by atoms with E-state index in [1.807, 2.05) is 24.5 Å². The molecule has 0 aliphatic rings. The first-order valence-electron chi connectivity index (χ1n) is 6.42. The fourth-order valence-electron chi connectivity index (χ4n) is 1.98. The van der Waals surface area contributed by atoms with Gasteiger partial charge in [-0.1, -0.05) is 46.4 Å². The van der Waals surface area contributed by atoms with Gasteiger partial charge in [-0.3, -0.25) is 0 Å². The molecule has 0 aliphatic carbocycles. The molecule has 0 saturated heterocycles. The minimum absolute atomic E-state index is 0.403. The third-order valence-electron chi connectivity index (χ3n) is 3.03. The molecule has 0 radical (unpaired) electrons. The Morgan fingerprint density at radius 2 is 2.05 bits per heavy atom. The van der Waals surface area contributed by atoms with Crippen molar-refractivity contribution >= 4 is 51.9 Å². The number of anilines is 1. The highest BCUT2D eigenvalue weighted by molar-refractivity contribution is 7.99. The SMILES string of the molecule is CSNc1noc2cc(COc3ccc(Cl)c(Cl)c3)ccc12. The van der Waals surface area contributed by atoms with Gasteiger partial charge in [-0.05, 0) is 29.8 Å². The molecule has 0 atom stereocenters. The molecule has 1 heterocycles. The molecule has 114 valence electrons. The lowest BCUT2D eigenvalue weighted by atomic mass is 10.2. The van der Waals surface area contributed by atoms with Gasteiger partial charge in [0.1, 0.15) is 12.4 Å². The van der Waals surface area contributed by atoms with E-state index in [2.05, 4.69) is 9.88 Å². The van der Waals surface area contributed by atoms with E-state index in [1.165, 1.54) is 11.9 Å². The predicted molar refractivity (Wildman–Crippen MR) is 91.9 cm³/mol. The van der Waals surface area contributed by atoms with Crippen LogP contribution in [0.3, 0.4) is 0 Å². The van der Waals surface area contributed by atoms with Crippen LogP contribution >= 0.6 is 35.1 Å². The van der Waals surface area contributed by atoms with E-state index in [9.17, 15) is 0 Å². The number of ether oxygens (including phenoxy) is 1. The second-order valence-electron chi connectivity index (χ2n) is 4.53. The van der Waals surface area contributed by atoms with Crippen molar-refractivity contribution in [3.63, 3.8) is 0 Å². The normalized spacial score (nSPS) is 10.9. The summed E-state index contributed by atoms with van der Waals surface area (Å²) in [5.74, 6) is 1.39. The lowest BCUT2D eigenvalue weighted by Crippen LogP contribution is -1.95. The molecule has 1 N–H and O–H groups in total. The first-order chi connectivity index (χ1) is 10.7. The lowest BCUT2D eigenvalue weighted by molar-refractivity contribution is 0.306. The molecule has 3 rings (SSSR count). The van der Waals surface area contributed by atoms with Crippen LogP contribution in [0.15, 0.2) is 40.9 Å². The molecule has 1 aromatic heterocycles. The minimum atomic E-state index is 0.403. The van der Waals surface area contributed by atoms with Crippen molar-refractivity contribution in [3.8, 4) is 5.75 Å². The molecule has 2 aromatic carbocycles. The summed E-state index contributed by atoms with van der Waals surface area (Å²) < 4.78 is 14.1. The number of nitrogens with one attached hydrogen (secondary N) is 1. The largest absolute Gasteiger partial charge is 0.489 e. The van der Waals surface area contributed by atoms with Gasteiger partial charge < -0.3 is 14.0 Å². The topological polar surface area (TPSA) is 47.3 Å². The van der Waals surface area contributed by atoms with Crippen LogP contribution in [0.5, 0.6) is 5.75 Å². The zero-order valence-corrected chi connectivity index (χ0v) is 13.9. The molecule has 22 heavy (non-hydrogen) atoms. The van der Waals surface area contributed by atoms with Gasteiger partial charge in [0.05, 0.1) is 15.4 Å². The van der Waals surface area contributed by atoms with Crippen LogP contribution in [-0.2, 0) is 6.61 Å². The van der Waals surface area contributed by atoms with E-state index in [-0.39, 0.29) is 0 Å². The number of rotatable bonds is 5. The molecule has 0 saturated carbocycles. The summed E-state index contributed by atoms with van der Waals surface area (Å²) in [5, 5.41) is 5.90. The number of hydrogen-bond acceptors (Lipinski definition) is 5. The number of halogens is 2. The van der Waals surface area contributed by atoms with Crippen molar-refractivity contribution in [2.45, 2.75) is 6.61 Å². The summed E-state index contributed by atoms with van der Waals surface area (Å²) in [6.45, 7) is 0.403.